The van der Waals surface area contributed by atoms with Crippen LogP contribution in [0.25, 0.3) is 0 Å². The van der Waals surface area contributed by atoms with E-state index in [1.54, 1.807) is 31.4 Å². The second-order valence-corrected chi connectivity index (χ2v) is 5.26. The molecule has 0 saturated carbocycles. The Kier molecular flexibility index (Phi) is 6.21. The normalized spacial score (nSPS) is 10.4. The number of carbonyl (C=O) groups is 2. The Bertz CT molecular complexity index is 762. The highest BCUT2D eigenvalue weighted by molar-refractivity contribution is 6.08. The summed E-state index contributed by atoms with van der Waals surface area (Å²) in [6, 6.07) is 10.4. The molecule has 2 aromatic carbocycles. The van der Waals surface area contributed by atoms with Crippen LogP contribution in [-0.4, -0.2) is 38.1 Å². The number of nitrogens with zero attached hydrogens (tertiary/aromatic N) is 1. The van der Waals surface area contributed by atoms with Crippen molar-refractivity contribution in [1.82, 2.24) is 5.06 Å². The second-order valence-electron chi connectivity index (χ2n) is 5.26. The Morgan fingerprint density at radius 2 is 1.80 bits per heavy atom. The van der Waals surface area contributed by atoms with E-state index in [4.69, 9.17) is 9.57 Å². The fourth-order valence-corrected chi connectivity index (χ4v) is 2.17. The van der Waals surface area contributed by atoms with Crippen molar-refractivity contribution >= 4 is 17.5 Å². The van der Waals surface area contributed by atoms with Crippen LogP contribution in [0.3, 0.4) is 0 Å². The van der Waals surface area contributed by atoms with Gasteiger partial charge in [0.1, 0.15) is 5.82 Å². The molecule has 0 aliphatic rings. The minimum atomic E-state index is -0.588. The van der Waals surface area contributed by atoms with Crippen LogP contribution >= 0.6 is 0 Å². The van der Waals surface area contributed by atoms with Gasteiger partial charge in [0.25, 0.3) is 11.8 Å². The summed E-state index contributed by atoms with van der Waals surface area (Å²) < 4.78 is 18.5. The third kappa shape index (κ3) is 4.62. The molecule has 0 unspecified atom stereocenters. The smallest absolute Gasteiger partial charge is 0.279 e. The fourth-order valence-electron chi connectivity index (χ4n) is 2.17. The van der Waals surface area contributed by atoms with Gasteiger partial charge >= 0.3 is 0 Å². The van der Waals surface area contributed by atoms with Gasteiger partial charge in [0, 0.05) is 19.7 Å². The van der Waals surface area contributed by atoms with Crippen molar-refractivity contribution < 1.29 is 23.6 Å². The Morgan fingerprint density at radius 3 is 2.40 bits per heavy atom. The van der Waals surface area contributed by atoms with Crippen LogP contribution in [0.1, 0.15) is 26.3 Å². The average Bonchev–Trinajstić information content (AvgIpc) is 2.62. The highest BCUT2D eigenvalue weighted by atomic mass is 19.1. The molecule has 2 rings (SSSR count). The van der Waals surface area contributed by atoms with E-state index in [9.17, 15) is 14.0 Å². The number of anilines is 1. The predicted octanol–water partition coefficient (Wildman–Crippen LogP) is 2.86. The number of hydroxylamine groups is 2. The zero-order valence-corrected chi connectivity index (χ0v) is 14.2. The maximum atomic E-state index is 13.5. The van der Waals surface area contributed by atoms with Gasteiger partial charge in [0.05, 0.1) is 25.0 Å². The Labute approximate surface area is 145 Å². The van der Waals surface area contributed by atoms with Gasteiger partial charge < -0.3 is 10.1 Å². The molecule has 0 heterocycles. The molecular weight excluding hydrogens is 327 g/mol. The zero-order chi connectivity index (χ0) is 18.4. The molecule has 0 spiro atoms. The number of ether oxygens (including phenoxy) is 1. The van der Waals surface area contributed by atoms with Crippen molar-refractivity contribution in [2.75, 3.05) is 26.6 Å². The van der Waals surface area contributed by atoms with Crippen LogP contribution in [0.2, 0.25) is 0 Å². The third-order valence-corrected chi connectivity index (χ3v) is 3.55. The molecule has 0 fully saturated rings. The number of methoxy groups -OCH3 is 1. The molecule has 0 radical (unpaired) electrons. The minimum Gasteiger partial charge on any atom is -0.380 e. The monoisotopic (exact) mass is 346 g/mol. The van der Waals surface area contributed by atoms with Crippen LogP contribution in [0.15, 0.2) is 42.5 Å². The number of hydrogen-bond donors (Lipinski definition) is 1. The summed E-state index contributed by atoms with van der Waals surface area (Å²) in [6.07, 6.45) is 0. The van der Waals surface area contributed by atoms with Crippen molar-refractivity contribution in [1.29, 1.82) is 0 Å². The summed E-state index contributed by atoms with van der Waals surface area (Å²) in [4.78, 5) is 29.5. The van der Waals surface area contributed by atoms with Gasteiger partial charge in [-0.25, -0.2) is 9.45 Å². The summed E-state index contributed by atoms with van der Waals surface area (Å²) in [7, 11) is 4.30. The second kappa shape index (κ2) is 8.36. The SMILES string of the molecule is COCc1ccc(C(=O)Nc2ccc(F)cc2C(=O)N(C)OC)cc1. The molecule has 0 aliphatic heterocycles. The van der Waals surface area contributed by atoms with Crippen LogP contribution in [0.5, 0.6) is 0 Å². The van der Waals surface area contributed by atoms with Gasteiger partial charge in [-0.05, 0) is 35.9 Å². The number of hydrogen-bond acceptors (Lipinski definition) is 4. The molecule has 0 atom stereocenters. The highest BCUT2D eigenvalue weighted by Gasteiger charge is 2.19. The zero-order valence-electron chi connectivity index (χ0n) is 14.2. The Balaban J connectivity index is 2.24. The number of halogens is 1. The van der Waals surface area contributed by atoms with E-state index in [1.165, 1.54) is 26.3 Å². The standard InChI is InChI=1S/C18H19FN2O4/c1-21(25-3)18(23)15-10-14(19)8-9-16(15)20-17(22)13-6-4-12(5-7-13)11-24-2/h4-10H,11H2,1-3H3,(H,20,22). The first-order valence-electron chi connectivity index (χ1n) is 7.47. The van der Waals surface area contributed by atoms with Gasteiger partial charge in [-0.15, -0.1) is 0 Å². The predicted molar refractivity (Wildman–Crippen MR) is 90.6 cm³/mol. The van der Waals surface area contributed by atoms with E-state index in [1.807, 2.05) is 0 Å². The van der Waals surface area contributed by atoms with E-state index < -0.39 is 17.6 Å². The molecule has 25 heavy (non-hydrogen) atoms. The van der Waals surface area contributed by atoms with Crippen LogP contribution < -0.4 is 5.32 Å². The minimum absolute atomic E-state index is 0.00583. The first kappa shape index (κ1) is 18.6. The van der Waals surface area contributed by atoms with E-state index in [0.717, 1.165) is 16.7 Å². The van der Waals surface area contributed by atoms with E-state index in [2.05, 4.69) is 5.32 Å². The van der Waals surface area contributed by atoms with Crippen molar-refractivity contribution in [3.05, 3.63) is 65.0 Å². The average molecular weight is 346 g/mol. The highest BCUT2D eigenvalue weighted by Crippen LogP contribution is 2.20. The summed E-state index contributed by atoms with van der Waals surface area (Å²) in [5.41, 5.74) is 1.52. The topological polar surface area (TPSA) is 67.9 Å². The molecule has 2 aromatic rings. The van der Waals surface area contributed by atoms with Crippen LogP contribution in [0.4, 0.5) is 10.1 Å². The number of amides is 2. The number of rotatable bonds is 6. The van der Waals surface area contributed by atoms with Crippen LogP contribution in [0, 0.1) is 5.82 Å². The quantitative estimate of drug-likeness (QED) is 0.817. The Morgan fingerprint density at radius 1 is 1.12 bits per heavy atom. The molecule has 2 amide bonds. The van der Waals surface area contributed by atoms with Crippen molar-refractivity contribution in [3.63, 3.8) is 0 Å². The molecule has 0 saturated heterocycles. The number of carbonyl (C=O) groups excluding carboxylic acids is 2. The van der Waals surface area contributed by atoms with Crippen molar-refractivity contribution in [2.45, 2.75) is 6.61 Å². The van der Waals surface area contributed by atoms with E-state index in [0.29, 0.717) is 12.2 Å². The lowest BCUT2D eigenvalue weighted by Gasteiger charge is -2.16. The number of benzene rings is 2. The first-order chi connectivity index (χ1) is 12.0. The largest absolute Gasteiger partial charge is 0.380 e. The Hall–Kier alpha value is -2.77. The lowest BCUT2D eigenvalue weighted by Crippen LogP contribution is -2.27. The molecule has 7 heteroatoms. The van der Waals surface area contributed by atoms with Crippen LogP contribution in [-0.2, 0) is 16.2 Å². The molecular formula is C18H19FN2O4. The molecule has 132 valence electrons. The molecule has 0 aromatic heterocycles. The number of nitrogens with one attached hydrogen (secondary N) is 1. The summed E-state index contributed by atoms with van der Waals surface area (Å²) >= 11 is 0. The third-order valence-electron chi connectivity index (χ3n) is 3.55. The maximum Gasteiger partial charge on any atom is 0.279 e. The summed E-state index contributed by atoms with van der Waals surface area (Å²) in [5, 5.41) is 3.57. The van der Waals surface area contributed by atoms with Crippen molar-refractivity contribution in [3.8, 4) is 0 Å². The van der Waals surface area contributed by atoms with Crippen molar-refractivity contribution in [2.24, 2.45) is 0 Å². The molecule has 0 bridgehead atoms. The molecule has 1 N–H and O–H groups in total. The molecule has 6 nitrogen and oxygen atoms in total. The van der Waals surface area contributed by atoms with Gasteiger partial charge in [-0.3, -0.25) is 14.4 Å². The van der Waals surface area contributed by atoms with Gasteiger partial charge in [0.15, 0.2) is 0 Å². The summed E-state index contributed by atoms with van der Waals surface area (Å²) in [6.45, 7) is 0.446. The lowest BCUT2D eigenvalue weighted by atomic mass is 10.1. The maximum absolute atomic E-state index is 13.5. The molecule has 0 aliphatic carbocycles. The van der Waals surface area contributed by atoms with E-state index >= 15 is 0 Å². The fraction of sp³-hybridized carbons (Fsp3) is 0.222. The first-order valence-corrected chi connectivity index (χ1v) is 7.47. The lowest BCUT2D eigenvalue weighted by molar-refractivity contribution is -0.0756. The van der Waals surface area contributed by atoms with E-state index in [-0.39, 0.29) is 11.3 Å². The van der Waals surface area contributed by atoms with Gasteiger partial charge in [0.2, 0.25) is 0 Å². The summed E-state index contributed by atoms with van der Waals surface area (Å²) in [5.74, 6) is -1.58. The van der Waals surface area contributed by atoms with Gasteiger partial charge in [-0.2, -0.15) is 0 Å². The van der Waals surface area contributed by atoms with Gasteiger partial charge in [-0.1, -0.05) is 12.1 Å².